The minimum Gasteiger partial charge on any atom is -0.330 e. The fraction of sp³-hybridized carbons (Fsp3) is 1.00. The molecule has 0 spiro atoms. The van der Waals surface area contributed by atoms with E-state index in [1.807, 2.05) is 0 Å². The van der Waals surface area contributed by atoms with Crippen LogP contribution < -0.4 is 5.73 Å². The van der Waals surface area contributed by atoms with Crippen molar-refractivity contribution in [3.63, 3.8) is 0 Å². The Hall–Kier alpha value is -0.120. The molecule has 1 aliphatic rings. The van der Waals surface area contributed by atoms with Crippen molar-refractivity contribution in [2.75, 3.05) is 33.2 Å². The van der Waals surface area contributed by atoms with Crippen LogP contribution in [0.4, 0.5) is 0 Å². The number of likely N-dealkylation sites (N-methyl/N-ethyl adjacent to an activating group) is 2. The van der Waals surface area contributed by atoms with E-state index in [0.717, 1.165) is 19.0 Å². The fourth-order valence-corrected chi connectivity index (χ4v) is 2.66. The highest BCUT2D eigenvalue weighted by Gasteiger charge is 2.25. The Kier molecular flexibility index (Phi) is 6.32. The third-order valence-corrected chi connectivity index (χ3v) is 3.98. The Morgan fingerprint density at radius 2 is 2.25 bits per heavy atom. The monoisotopic (exact) mass is 227 g/mol. The van der Waals surface area contributed by atoms with Gasteiger partial charge < -0.3 is 10.6 Å². The molecule has 96 valence electrons. The third-order valence-electron chi connectivity index (χ3n) is 3.98. The Morgan fingerprint density at radius 1 is 1.50 bits per heavy atom. The minimum absolute atomic E-state index is 0.669. The lowest BCUT2D eigenvalue weighted by Gasteiger charge is -2.31. The third kappa shape index (κ3) is 4.04. The molecule has 0 bridgehead atoms. The fourth-order valence-electron chi connectivity index (χ4n) is 2.66. The van der Waals surface area contributed by atoms with Crippen molar-refractivity contribution in [1.82, 2.24) is 9.80 Å². The summed E-state index contributed by atoms with van der Waals surface area (Å²) in [6.45, 7) is 9.14. The lowest BCUT2D eigenvalue weighted by molar-refractivity contribution is 0.164. The second-order valence-corrected chi connectivity index (χ2v) is 5.14. The van der Waals surface area contributed by atoms with Gasteiger partial charge in [0.25, 0.3) is 0 Å². The molecule has 0 saturated carbocycles. The van der Waals surface area contributed by atoms with Crippen molar-refractivity contribution in [2.24, 2.45) is 5.73 Å². The van der Waals surface area contributed by atoms with E-state index in [9.17, 15) is 0 Å². The second-order valence-electron chi connectivity index (χ2n) is 5.14. The first-order chi connectivity index (χ1) is 7.69. The van der Waals surface area contributed by atoms with E-state index in [-0.39, 0.29) is 0 Å². The van der Waals surface area contributed by atoms with E-state index in [0.29, 0.717) is 6.04 Å². The van der Waals surface area contributed by atoms with Gasteiger partial charge in [-0.2, -0.15) is 0 Å². The zero-order valence-corrected chi connectivity index (χ0v) is 11.3. The summed E-state index contributed by atoms with van der Waals surface area (Å²) >= 11 is 0. The predicted octanol–water partition coefficient (Wildman–Crippen LogP) is 1.53. The van der Waals surface area contributed by atoms with Crippen molar-refractivity contribution in [1.29, 1.82) is 0 Å². The Morgan fingerprint density at radius 3 is 2.88 bits per heavy atom. The molecule has 0 aliphatic carbocycles. The van der Waals surface area contributed by atoms with Gasteiger partial charge in [-0.05, 0) is 59.3 Å². The van der Waals surface area contributed by atoms with Gasteiger partial charge in [0, 0.05) is 18.6 Å². The quantitative estimate of drug-likeness (QED) is 0.716. The average Bonchev–Trinajstić information content (AvgIpc) is 2.72. The van der Waals surface area contributed by atoms with E-state index < -0.39 is 0 Å². The first-order valence-electron chi connectivity index (χ1n) is 6.83. The summed E-state index contributed by atoms with van der Waals surface area (Å²) in [5.74, 6) is 0. The largest absolute Gasteiger partial charge is 0.330 e. The van der Waals surface area contributed by atoms with Crippen LogP contribution in [0.15, 0.2) is 0 Å². The van der Waals surface area contributed by atoms with Crippen LogP contribution in [-0.4, -0.2) is 55.1 Å². The van der Waals surface area contributed by atoms with Gasteiger partial charge in [0.15, 0.2) is 0 Å². The molecule has 0 radical (unpaired) electrons. The van der Waals surface area contributed by atoms with E-state index in [2.05, 4.69) is 30.7 Å². The van der Waals surface area contributed by atoms with Crippen molar-refractivity contribution >= 4 is 0 Å². The molecular formula is C13H29N3. The van der Waals surface area contributed by atoms with Crippen LogP contribution in [0.3, 0.4) is 0 Å². The van der Waals surface area contributed by atoms with Gasteiger partial charge in [-0.1, -0.05) is 6.92 Å². The smallest absolute Gasteiger partial charge is 0.0223 e. The van der Waals surface area contributed by atoms with Gasteiger partial charge >= 0.3 is 0 Å². The minimum atomic E-state index is 0.669. The van der Waals surface area contributed by atoms with Crippen molar-refractivity contribution in [3.8, 4) is 0 Å². The molecule has 1 fully saturated rings. The number of likely N-dealkylation sites (tertiary alicyclic amines) is 1. The van der Waals surface area contributed by atoms with Gasteiger partial charge in [0.2, 0.25) is 0 Å². The van der Waals surface area contributed by atoms with Crippen molar-refractivity contribution < 1.29 is 0 Å². The lowest BCUT2D eigenvalue weighted by Crippen LogP contribution is -2.42. The summed E-state index contributed by atoms with van der Waals surface area (Å²) in [7, 11) is 2.26. The van der Waals surface area contributed by atoms with Gasteiger partial charge in [0.05, 0.1) is 0 Å². The molecule has 2 atom stereocenters. The molecule has 16 heavy (non-hydrogen) atoms. The average molecular weight is 227 g/mol. The highest BCUT2D eigenvalue weighted by Crippen LogP contribution is 2.18. The maximum absolute atomic E-state index is 5.56. The predicted molar refractivity (Wildman–Crippen MR) is 70.6 cm³/mol. The maximum Gasteiger partial charge on any atom is 0.0223 e. The maximum atomic E-state index is 5.56. The second kappa shape index (κ2) is 7.25. The van der Waals surface area contributed by atoms with Crippen molar-refractivity contribution in [3.05, 3.63) is 0 Å². The molecule has 1 rings (SSSR count). The van der Waals surface area contributed by atoms with E-state index >= 15 is 0 Å². The van der Waals surface area contributed by atoms with Crippen LogP contribution >= 0.6 is 0 Å². The van der Waals surface area contributed by atoms with Crippen LogP contribution in [-0.2, 0) is 0 Å². The zero-order valence-electron chi connectivity index (χ0n) is 11.3. The number of rotatable bonds is 7. The summed E-state index contributed by atoms with van der Waals surface area (Å²) in [6, 6.07) is 1.46. The van der Waals surface area contributed by atoms with Crippen LogP contribution in [0.1, 0.15) is 39.5 Å². The molecule has 3 nitrogen and oxygen atoms in total. The summed E-state index contributed by atoms with van der Waals surface area (Å²) in [5, 5.41) is 0. The molecule has 0 aromatic carbocycles. The van der Waals surface area contributed by atoms with Crippen LogP contribution in [0.5, 0.6) is 0 Å². The summed E-state index contributed by atoms with van der Waals surface area (Å²) in [5.41, 5.74) is 5.56. The Bertz CT molecular complexity index is 184. The van der Waals surface area contributed by atoms with Crippen LogP contribution in [0, 0.1) is 0 Å². The van der Waals surface area contributed by atoms with Gasteiger partial charge in [-0.15, -0.1) is 0 Å². The molecular weight excluding hydrogens is 198 g/mol. The molecule has 2 unspecified atom stereocenters. The molecule has 1 heterocycles. The number of hydrogen-bond acceptors (Lipinski definition) is 3. The molecule has 1 aliphatic heterocycles. The normalized spacial score (nSPS) is 24.2. The number of hydrogen-bond donors (Lipinski definition) is 1. The van der Waals surface area contributed by atoms with E-state index in [4.69, 9.17) is 5.73 Å². The zero-order chi connectivity index (χ0) is 12.0. The molecule has 3 heteroatoms. The van der Waals surface area contributed by atoms with Gasteiger partial charge in [-0.25, -0.2) is 0 Å². The molecule has 0 amide bonds. The standard InChI is InChI=1S/C13H29N3/c1-4-16-10-6-8-13(16)11-15(3)12(2)7-5-9-14/h12-13H,4-11,14H2,1-3H3. The van der Waals surface area contributed by atoms with Crippen molar-refractivity contribution in [2.45, 2.75) is 51.6 Å². The van der Waals surface area contributed by atoms with Crippen LogP contribution in [0.2, 0.25) is 0 Å². The van der Waals surface area contributed by atoms with Crippen LogP contribution in [0.25, 0.3) is 0 Å². The molecule has 1 saturated heterocycles. The van der Waals surface area contributed by atoms with Gasteiger partial charge in [-0.3, -0.25) is 4.90 Å². The Balaban J connectivity index is 2.29. The van der Waals surface area contributed by atoms with E-state index in [1.165, 1.54) is 38.9 Å². The summed E-state index contributed by atoms with van der Waals surface area (Å²) < 4.78 is 0. The van der Waals surface area contributed by atoms with E-state index in [1.54, 1.807) is 0 Å². The highest BCUT2D eigenvalue weighted by atomic mass is 15.2. The molecule has 0 aromatic rings. The van der Waals surface area contributed by atoms with Gasteiger partial charge in [0.1, 0.15) is 0 Å². The SMILES string of the molecule is CCN1CCCC1CN(C)C(C)CCCN. The summed E-state index contributed by atoms with van der Waals surface area (Å²) in [6.07, 6.45) is 5.13. The number of nitrogens with two attached hydrogens (primary N) is 1. The first-order valence-corrected chi connectivity index (χ1v) is 6.83. The molecule has 0 aromatic heterocycles. The summed E-state index contributed by atoms with van der Waals surface area (Å²) in [4.78, 5) is 5.13. The lowest BCUT2D eigenvalue weighted by atomic mass is 10.1. The molecule has 2 N–H and O–H groups in total. The highest BCUT2D eigenvalue weighted by molar-refractivity contribution is 4.81. The first kappa shape index (κ1) is 13.9. The Labute approximate surface area is 101 Å². The topological polar surface area (TPSA) is 32.5 Å². The number of nitrogens with zero attached hydrogens (tertiary/aromatic N) is 2.